The molecular weight excluding hydrogens is 681 g/mol. The van der Waals surface area contributed by atoms with E-state index in [0.29, 0.717) is 12.8 Å². The van der Waals surface area contributed by atoms with Gasteiger partial charge >= 0.3 is 14.0 Å². The van der Waals surface area contributed by atoms with E-state index in [9.17, 15) is 36.8 Å². The van der Waals surface area contributed by atoms with Gasteiger partial charge in [0, 0.05) is 16.7 Å². The zero-order chi connectivity index (χ0) is 35.9. The summed E-state index contributed by atoms with van der Waals surface area (Å²) in [4.78, 5) is 47.7. The average Bonchev–Trinajstić information content (AvgIpc) is 3.77. The smallest absolute Gasteiger partial charge is 0.469 e. The Labute approximate surface area is 276 Å². The first-order valence-corrected chi connectivity index (χ1v) is 16.3. The SMILES string of the molecule is C[C@H](COc1ccc(C(=O)NCC(O)(c2cc3c(c(-c4ccc(F)cc4)n2)OC[C@]3(C)C(N)=O)C(F)(F)F)cc1OC1CC1)OP(=O)(O)O. The van der Waals surface area contributed by atoms with Crippen LogP contribution in [0.5, 0.6) is 17.2 Å². The normalized spacial score (nSPS) is 19.3. The molecule has 1 aromatic heterocycles. The molecule has 18 heteroatoms. The number of pyridine rings is 1. The van der Waals surface area contributed by atoms with Crippen LogP contribution in [0.1, 0.15) is 48.3 Å². The Morgan fingerprint density at radius 1 is 1.14 bits per heavy atom. The predicted molar refractivity (Wildman–Crippen MR) is 162 cm³/mol. The van der Waals surface area contributed by atoms with Crippen LogP contribution in [-0.2, 0) is 24.9 Å². The number of carbonyl (C=O) groups is 2. The highest BCUT2D eigenvalue weighted by Gasteiger charge is 2.57. The Hall–Kier alpha value is -4.28. The van der Waals surface area contributed by atoms with E-state index in [2.05, 4.69) is 14.8 Å². The molecule has 3 atom stereocenters. The van der Waals surface area contributed by atoms with Crippen molar-refractivity contribution in [1.29, 1.82) is 0 Å². The van der Waals surface area contributed by atoms with Crippen LogP contribution in [0.3, 0.4) is 0 Å². The van der Waals surface area contributed by atoms with Crippen molar-refractivity contribution >= 4 is 19.6 Å². The number of halogens is 4. The number of primary amides is 1. The van der Waals surface area contributed by atoms with Crippen molar-refractivity contribution in [3.63, 3.8) is 0 Å². The van der Waals surface area contributed by atoms with Crippen LogP contribution in [0, 0.1) is 5.82 Å². The monoisotopic (exact) mass is 713 g/mol. The van der Waals surface area contributed by atoms with Gasteiger partial charge in [0.25, 0.3) is 5.91 Å². The van der Waals surface area contributed by atoms with E-state index < -0.39 is 61.0 Å². The van der Waals surface area contributed by atoms with E-state index in [0.717, 1.165) is 18.2 Å². The summed E-state index contributed by atoms with van der Waals surface area (Å²) in [5.41, 5.74) is -1.17. The highest BCUT2D eigenvalue weighted by atomic mass is 31.2. The van der Waals surface area contributed by atoms with Gasteiger partial charge in [-0.1, -0.05) is 0 Å². The fourth-order valence-corrected chi connectivity index (χ4v) is 5.48. The summed E-state index contributed by atoms with van der Waals surface area (Å²) in [5.74, 6) is -2.55. The highest BCUT2D eigenvalue weighted by Crippen LogP contribution is 2.48. The van der Waals surface area contributed by atoms with Gasteiger partial charge in [-0.05, 0) is 75.2 Å². The van der Waals surface area contributed by atoms with Crippen LogP contribution in [0.25, 0.3) is 11.3 Å². The van der Waals surface area contributed by atoms with Gasteiger partial charge in [-0.2, -0.15) is 13.2 Å². The van der Waals surface area contributed by atoms with Crippen molar-refractivity contribution in [2.24, 2.45) is 5.73 Å². The van der Waals surface area contributed by atoms with Gasteiger partial charge < -0.3 is 40.2 Å². The number of nitrogens with one attached hydrogen (secondary N) is 1. The maximum absolute atomic E-state index is 14.7. The second-order valence-electron chi connectivity index (χ2n) is 12.0. The maximum Gasteiger partial charge on any atom is 0.469 e. The van der Waals surface area contributed by atoms with Gasteiger partial charge in [0.2, 0.25) is 11.5 Å². The Kier molecular flexibility index (Phi) is 9.71. The van der Waals surface area contributed by atoms with Gasteiger partial charge in [-0.3, -0.25) is 14.1 Å². The standard InChI is InChI=1S/C31H32F4N3O10P/c1-16(48-49(42,43)44)13-45-22-10-5-18(11-23(22)47-20-8-9-20)27(39)37-14-30(41,31(33,34)35)24-12-21-26(46-15-29(21,2)28(36)40)25(38-24)17-3-6-19(32)7-4-17/h3-7,10-12,16,20,41H,8-9,13-15H2,1-2H3,(H2,36,40)(H,37,39)(H2,42,43,44)/t16-,29+,30?/m1/s1. The second kappa shape index (κ2) is 13.2. The molecule has 13 nitrogen and oxygen atoms in total. The maximum atomic E-state index is 14.7. The number of phosphoric ester groups is 1. The first-order chi connectivity index (χ1) is 22.8. The lowest BCUT2D eigenvalue weighted by atomic mass is 9.81. The molecule has 0 radical (unpaired) electrons. The minimum absolute atomic E-state index is 0.0413. The number of nitrogens with two attached hydrogens (primary N) is 1. The van der Waals surface area contributed by atoms with Gasteiger partial charge in [0.15, 0.2) is 11.5 Å². The molecule has 6 N–H and O–H groups in total. The number of ether oxygens (including phenoxy) is 3. The van der Waals surface area contributed by atoms with E-state index in [-0.39, 0.29) is 59.0 Å². The molecule has 3 aromatic rings. The van der Waals surface area contributed by atoms with E-state index in [1.165, 1.54) is 44.2 Å². The molecule has 0 spiro atoms. The molecule has 1 unspecified atom stereocenters. The van der Waals surface area contributed by atoms with Crippen molar-refractivity contribution < 1.29 is 65.3 Å². The molecule has 2 aromatic carbocycles. The average molecular weight is 714 g/mol. The summed E-state index contributed by atoms with van der Waals surface area (Å²) >= 11 is 0. The van der Waals surface area contributed by atoms with E-state index in [4.69, 9.17) is 29.7 Å². The largest absolute Gasteiger partial charge is 0.489 e. The van der Waals surface area contributed by atoms with Crippen molar-refractivity contribution in [3.05, 3.63) is 71.2 Å². The van der Waals surface area contributed by atoms with Gasteiger partial charge in [0.1, 0.15) is 42.0 Å². The number of alkyl halides is 3. The molecule has 2 aliphatic rings. The number of benzene rings is 2. The summed E-state index contributed by atoms with van der Waals surface area (Å²) < 4.78 is 90.6. The number of hydrogen-bond donors (Lipinski definition) is 5. The van der Waals surface area contributed by atoms with Crippen LogP contribution in [-0.4, -0.2) is 69.8 Å². The number of phosphoric acid groups is 1. The highest BCUT2D eigenvalue weighted by molar-refractivity contribution is 7.46. The topological polar surface area (TPSA) is 200 Å². The molecule has 1 aliphatic heterocycles. The molecular formula is C31H32F4N3O10P. The number of amides is 2. The molecule has 1 saturated carbocycles. The predicted octanol–water partition coefficient (Wildman–Crippen LogP) is 3.62. The number of fused-ring (bicyclic) bond motifs is 1. The van der Waals surface area contributed by atoms with E-state index in [1.807, 2.05) is 0 Å². The summed E-state index contributed by atoms with van der Waals surface area (Å²) in [5, 5.41) is 13.4. The number of aromatic nitrogens is 1. The van der Waals surface area contributed by atoms with Gasteiger partial charge in [-0.25, -0.2) is 13.9 Å². The first-order valence-electron chi connectivity index (χ1n) is 14.8. The minimum Gasteiger partial charge on any atom is -0.489 e. The Morgan fingerprint density at radius 3 is 2.41 bits per heavy atom. The fourth-order valence-electron chi connectivity index (χ4n) is 4.95. The number of nitrogens with zero attached hydrogens (tertiary/aromatic N) is 1. The first kappa shape index (κ1) is 36.0. The lowest BCUT2D eigenvalue weighted by Crippen LogP contribution is -2.51. The Morgan fingerprint density at radius 2 is 1.82 bits per heavy atom. The summed E-state index contributed by atoms with van der Waals surface area (Å²) in [6, 6.07) is 9.12. The third kappa shape index (κ3) is 7.81. The zero-order valence-corrected chi connectivity index (χ0v) is 26.9. The molecule has 2 amide bonds. The van der Waals surface area contributed by atoms with E-state index >= 15 is 0 Å². The van der Waals surface area contributed by atoms with Crippen LogP contribution in [0.15, 0.2) is 48.5 Å². The molecule has 1 fully saturated rings. The van der Waals surface area contributed by atoms with Crippen LogP contribution >= 0.6 is 7.82 Å². The molecule has 49 heavy (non-hydrogen) atoms. The van der Waals surface area contributed by atoms with E-state index in [1.54, 1.807) is 0 Å². The fraction of sp³-hybridized carbons (Fsp3) is 0.387. The van der Waals surface area contributed by atoms with Crippen LogP contribution in [0.2, 0.25) is 0 Å². The summed E-state index contributed by atoms with van der Waals surface area (Å²) in [6.07, 6.45) is -5.29. The number of hydrogen-bond acceptors (Lipinski definition) is 9. The van der Waals surface area contributed by atoms with Crippen molar-refractivity contribution in [2.75, 3.05) is 19.8 Å². The Bertz CT molecular complexity index is 1800. The Balaban J connectivity index is 1.45. The quantitative estimate of drug-likeness (QED) is 0.128. The van der Waals surface area contributed by atoms with Gasteiger partial charge in [0.05, 0.1) is 18.3 Å². The van der Waals surface area contributed by atoms with Crippen LogP contribution in [0.4, 0.5) is 17.6 Å². The third-order valence-electron chi connectivity index (χ3n) is 7.95. The molecule has 2 heterocycles. The summed E-state index contributed by atoms with van der Waals surface area (Å²) in [7, 11) is -4.79. The van der Waals surface area contributed by atoms with Gasteiger partial charge in [-0.15, -0.1) is 0 Å². The lowest BCUT2D eigenvalue weighted by molar-refractivity contribution is -0.265. The number of rotatable bonds is 13. The molecule has 0 saturated heterocycles. The number of carbonyl (C=O) groups excluding carboxylic acids is 2. The van der Waals surface area contributed by atoms with Crippen molar-refractivity contribution in [1.82, 2.24) is 10.3 Å². The molecule has 0 bridgehead atoms. The third-order valence-corrected chi connectivity index (χ3v) is 8.58. The molecule has 1 aliphatic carbocycles. The lowest BCUT2D eigenvalue weighted by Gasteiger charge is -2.31. The minimum atomic E-state index is -5.42. The summed E-state index contributed by atoms with van der Waals surface area (Å²) in [6.45, 7) is 0.632. The number of aliphatic hydroxyl groups is 1. The van der Waals surface area contributed by atoms with Crippen molar-refractivity contribution in [3.8, 4) is 28.5 Å². The molecule has 5 rings (SSSR count). The molecule has 264 valence electrons. The van der Waals surface area contributed by atoms with Crippen LogP contribution < -0.4 is 25.3 Å². The van der Waals surface area contributed by atoms with Crippen molar-refractivity contribution in [2.45, 2.75) is 56.1 Å². The zero-order valence-electron chi connectivity index (χ0n) is 26.0. The second-order valence-corrected chi connectivity index (χ2v) is 13.2.